The summed E-state index contributed by atoms with van der Waals surface area (Å²) in [6.45, 7) is 7.04. The van der Waals surface area contributed by atoms with Gasteiger partial charge in [0.05, 0.1) is 6.04 Å². The molecule has 0 spiro atoms. The van der Waals surface area contributed by atoms with Crippen molar-refractivity contribution in [3.63, 3.8) is 0 Å². The third-order valence-corrected chi connectivity index (χ3v) is 8.10. The Morgan fingerprint density at radius 2 is 1.71 bits per heavy atom. The summed E-state index contributed by atoms with van der Waals surface area (Å²) in [4.78, 5) is 9.65. The van der Waals surface area contributed by atoms with Crippen LogP contribution in [0.1, 0.15) is 61.8 Å². The van der Waals surface area contributed by atoms with Crippen LogP contribution in [0.3, 0.4) is 0 Å². The predicted octanol–water partition coefficient (Wildman–Crippen LogP) is 7.70. The predicted molar refractivity (Wildman–Crippen MR) is 151 cm³/mol. The second-order valence-corrected chi connectivity index (χ2v) is 11.2. The minimum Gasteiger partial charge on any atom is -0.506 e. The van der Waals surface area contributed by atoms with Gasteiger partial charge in [0.15, 0.2) is 0 Å². The van der Waals surface area contributed by atoms with Gasteiger partial charge in [-0.05, 0) is 78.8 Å². The van der Waals surface area contributed by atoms with Gasteiger partial charge in [0, 0.05) is 22.4 Å². The van der Waals surface area contributed by atoms with Gasteiger partial charge in [0.1, 0.15) is 23.6 Å². The number of aliphatic imine (C=N–C) groups is 1. The highest BCUT2D eigenvalue weighted by Gasteiger charge is 2.31. The molecule has 1 aromatic heterocycles. The molecule has 1 saturated carbocycles. The van der Waals surface area contributed by atoms with Crippen molar-refractivity contribution >= 4 is 16.8 Å². The van der Waals surface area contributed by atoms with E-state index in [0.29, 0.717) is 35.6 Å². The first-order chi connectivity index (χ1) is 18.4. The number of aryl methyl sites for hydroxylation is 1. The summed E-state index contributed by atoms with van der Waals surface area (Å²) >= 11 is 0. The van der Waals surface area contributed by atoms with E-state index in [1.54, 1.807) is 6.07 Å². The van der Waals surface area contributed by atoms with Gasteiger partial charge in [-0.1, -0.05) is 57.0 Å². The Morgan fingerprint density at radius 1 is 0.921 bits per heavy atom. The number of rotatable bonds is 6. The number of hydrogen-bond acceptors (Lipinski definition) is 5. The molecule has 2 aliphatic rings. The van der Waals surface area contributed by atoms with Crippen molar-refractivity contribution in [2.75, 3.05) is 6.61 Å². The van der Waals surface area contributed by atoms with Crippen LogP contribution in [0.5, 0.6) is 17.4 Å². The smallest absolute Gasteiger partial charge is 0.219 e. The van der Waals surface area contributed by atoms with Crippen LogP contribution in [0.25, 0.3) is 10.9 Å². The van der Waals surface area contributed by atoms with Crippen LogP contribution in [0.2, 0.25) is 0 Å². The maximum atomic E-state index is 10.5. The lowest BCUT2D eigenvalue weighted by Crippen LogP contribution is -2.19. The monoisotopic (exact) mass is 506 g/mol. The van der Waals surface area contributed by atoms with Crippen LogP contribution in [0.4, 0.5) is 0 Å². The van der Waals surface area contributed by atoms with Crippen molar-refractivity contribution in [1.82, 2.24) is 4.98 Å². The molecule has 1 N–H and O–H groups in total. The zero-order valence-electron chi connectivity index (χ0n) is 22.3. The summed E-state index contributed by atoms with van der Waals surface area (Å²) in [6.07, 6.45) is 5.05. The minimum absolute atomic E-state index is 0.150. The molecule has 2 heterocycles. The lowest BCUT2D eigenvalue weighted by molar-refractivity contribution is 0.279. The Morgan fingerprint density at radius 3 is 2.50 bits per heavy atom. The fourth-order valence-corrected chi connectivity index (χ4v) is 5.82. The van der Waals surface area contributed by atoms with E-state index in [2.05, 4.69) is 55.2 Å². The number of ether oxygens (including phenoxy) is 2. The Hall–Kier alpha value is -3.86. The van der Waals surface area contributed by atoms with E-state index in [1.807, 2.05) is 37.3 Å². The van der Waals surface area contributed by atoms with Crippen LogP contribution >= 0.6 is 0 Å². The third-order valence-electron chi connectivity index (χ3n) is 8.10. The molecule has 194 valence electrons. The normalized spacial score (nSPS) is 18.0. The van der Waals surface area contributed by atoms with Gasteiger partial charge >= 0.3 is 0 Å². The molecule has 6 rings (SSSR count). The van der Waals surface area contributed by atoms with Crippen molar-refractivity contribution < 1.29 is 14.6 Å². The third kappa shape index (κ3) is 4.73. The van der Waals surface area contributed by atoms with Crippen LogP contribution in [0.15, 0.2) is 77.8 Å². The Labute approximate surface area is 224 Å². The maximum absolute atomic E-state index is 10.5. The molecule has 5 nitrogen and oxygen atoms in total. The molecule has 3 aromatic carbocycles. The lowest BCUT2D eigenvalue weighted by Gasteiger charge is -2.27. The average Bonchev–Trinajstić information content (AvgIpc) is 3.62. The van der Waals surface area contributed by atoms with Gasteiger partial charge in [-0.2, -0.15) is 0 Å². The molecular weight excluding hydrogens is 472 g/mol. The summed E-state index contributed by atoms with van der Waals surface area (Å²) in [6, 6.07) is 24.5. The van der Waals surface area contributed by atoms with E-state index in [1.165, 1.54) is 31.2 Å². The highest BCUT2D eigenvalue weighted by Crippen LogP contribution is 2.37. The van der Waals surface area contributed by atoms with Crippen LogP contribution in [0, 0.1) is 12.8 Å². The molecule has 4 aromatic rings. The highest BCUT2D eigenvalue weighted by atomic mass is 16.5. The SMILES string of the molecule is Cc1cc(O)c2nc(Oc3cc(C4=N[C@@H](C5CCCC5)CO4)cc(C(C)(C)c4ccccc4)c3)ccc2c1. The van der Waals surface area contributed by atoms with Gasteiger partial charge in [-0.25, -0.2) is 9.98 Å². The molecule has 1 atom stereocenters. The van der Waals surface area contributed by atoms with Crippen molar-refractivity contribution in [3.8, 4) is 17.4 Å². The molecule has 38 heavy (non-hydrogen) atoms. The number of phenolic OH excluding ortho intramolecular Hbond substituents is 1. The highest BCUT2D eigenvalue weighted by molar-refractivity contribution is 5.96. The van der Waals surface area contributed by atoms with E-state index in [9.17, 15) is 5.11 Å². The number of aromatic hydroxyl groups is 1. The number of aromatic nitrogens is 1. The Kier molecular flexibility index (Phi) is 6.30. The average molecular weight is 507 g/mol. The van der Waals surface area contributed by atoms with Crippen molar-refractivity contribution in [3.05, 3.63) is 95.1 Å². The molecular formula is C33H34N2O3. The standard InChI is InChI=1S/C33H34N2O3/c1-21-15-23-13-14-30(35-31(23)29(36)16-21)38-27-18-24(32-34-28(20-37-32)22-9-7-8-10-22)17-26(19-27)33(2,3)25-11-5-4-6-12-25/h4-6,11-19,22,28,36H,7-10,20H2,1-3H3/t28-/m1/s1. The van der Waals surface area contributed by atoms with Crippen LogP contribution in [-0.4, -0.2) is 28.6 Å². The molecule has 1 aliphatic heterocycles. The zero-order chi connectivity index (χ0) is 26.3. The van der Waals surface area contributed by atoms with Gasteiger partial charge < -0.3 is 14.6 Å². The zero-order valence-corrected chi connectivity index (χ0v) is 22.3. The summed E-state index contributed by atoms with van der Waals surface area (Å²) < 4.78 is 12.5. The quantitative estimate of drug-likeness (QED) is 0.291. The van der Waals surface area contributed by atoms with Crippen LogP contribution < -0.4 is 4.74 Å². The summed E-state index contributed by atoms with van der Waals surface area (Å²) in [7, 11) is 0. The number of nitrogens with zero attached hydrogens (tertiary/aromatic N) is 2. The summed E-state index contributed by atoms with van der Waals surface area (Å²) in [5.74, 6) is 2.55. The van der Waals surface area contributed by atoms with E-state index in [-0.39, 0.29) is 17.2 Å². The van der Waals surface area contributed by atoms with E-state index >= 15 is 0 Å². The van der Waals surface area contributed by atoms with Gasteiger partial charge in [0.2, 0.25) is 11.8 Å². The van der Waals surface area contributed by atoms with Gasteiger partial charge in [0.25, 0.3) is 0 Å². The number of fused-ring (bicyclic) bond motifs is 1. The molecule has 1 aliphatic carbocycles. The van der Waals surface area contributed by atoms with E-state index < -0.39 is 0 Å². The molecule has 0 radical (unpaired) electrons. The van der Waals surface area contributed by atoms with E-state index in [4.69, 9.17) is 14.5 Å². The fourth-order valence-electron chi connectivity index (χ4n) is 5.82. The largest absolute Gasteiger partial charge is 0.506 e. The summed E-state index contributed by atoms with van der Waals surface area (Å²) in [5, 5.41) is 11.3. The van der Waals surface area contributed by atoms with E-state index in [0.717, 1.165) is 22.1 Å². The fraction of sp³-hybridized carbons (Fsp3) is 0.333. The van der Waals surface area contributed by atoms with Gasteiger partial charge in [-0.3, -0.25) is 0 Å². The first-order valence-electron chi connectivity index (χ1n) is 13.6. The molecule has 0 bridgehead atoms. The second-order valence-electron chi connectivity index (χ2n) is 11.2. The molecule has 0 saturated heterocycles. The Bertz CT molecular complexity index is 1500. The lowest BCUT2D eigenvalue weighted by atomic mass is 9.77. The number of pyridine rings is 1. The second kappa shape index (κ2) is 9.79. The van der Waals surface area contributed by atoms with Crippen molar-refractivity contribution in [2.24, 2.45) is 10.9 Å². The Balaban J connectivity index is 1.40. The molecule has 0 amide bonds. The molecule has 5 heteroatoms. The van der Waals surface area contributed by atoms with Gasteiger partial charge in [-0.15, -0.1) is 0 Å². The number of benzene rings is 3. The topological polar surface area (TPSA) is 63.9 Å². The minimum atomic E-state index is -0.272. The van der Waals surface area contributed by atoms with Crippen LogP contribution in [-0.2, 0) is 10.2 Å². The van der Waals surface area contributed by atoms with Crippen molar-refractivity contribution in [1.29, 1.82) is 0 Å². The molecule has 1 fully saturated rings. The number of phenols is 1. The number of hydrogen-bond donors (Lipinski definition) is 1. The first-order valence-corrected chi connectivity index (χ1v) is 13.6. The molecule has 0 unspecified atom stereocenters. The maximum Gasteiger partial charge on any atom is 0.219 e. The first kappa shape index (κ1) is 24.5. The summed E-state index contributed by atoms with van der Waals surface area (Å²) in [5.41, 5.74) is 4.47. The van der Waals surface area contributed by atoms with Crippen molar-refractivity contribution in [2.45, 2.75) is 57.9 Å².